The molecule has 1 heterocycles. The van der Waals surface area contributed by atoms with Gasteiger partial charge in [0.15, 0.2) is 0 Å². The lowest BCUT2D eigenvalue weighted by atomic mass is 10.1. The summed E-state index contributed by atoms with van der Waals surface area (Å²) in [5, 5.41) is 9.39. The van der Waals surface area contributed by atoms with E-state index in [-0.39, 0.29) is 0 Å². The smallest absolute Gasteiger partial charge is 0.213 e. The number of rotatable bonds is 3. The average Bonchev–Trinajstić information content (AvgIpc) is 2.16. The highest BCUT2D eigenvalue weighted by Gasteiger charge is 2.10. The number of aliphatic hydroxyl groups excluding tert-OH is 1. The van der Waals surface area contributed by atoms with E-state index in [0.29, 0.717) is 17.2 Å². The summed E-state index contributed by atoms with van der Waals surface area (Å²) in [5.74, 6) is 1.03. The predicted octanol–water partition coefficient (Wildman–Crippen LogP) is 1.15. The monoisotopic (exact) mass is 183 g/mol. The van der Waals surface area contributed by atoms with E-state index in [1.807, 2.05) is 0 Å². The first kappa shape index (κ1) is 9.80. The molecule has 1 N–H and O–H groups in total. The Morgan fingerprint density at radius 3 is 2.54 bits per heavy atom. The van der Waals surface area contributed by atoms with Crippen LogP contribution in [0.2, 0.25) is 0 Å². The Morgan fingerprint density at radius 1 is 1.38 bits per heavy atom. The molecular formula is C9H13NO3. The number of aliphatic hydroxyl groups is 1. The third kappa shape index (κ3) is 2.09. The van der Waals surface area contributed by atoms with E-state index in [9.17, 15) is 5.11 Å². The Morgan fingerprint density at radius 2 is 2.08 bits per heavy atom. The van der Waals surface area contributed by atoms with E-state index in [2.05, 4.69) is 4.98 Å². The van der Waals surface area contributed by atoms with E-state index in [1.165, 1.54) is 20.4 Å². The Kier molecular flexibility index (Phi) is 3.08. The number of methoxy groups -OCH3 is 2. The van der Waals surface area contributed by atoms with Gasteiger partial charge in [-0.15, -0.1) is 0 Å². The second-order valence-corrected chi connectivity index (χ2v) is 2.64. The van der Waals surface area contributed by atoms with Crippen LogP contribution in [0.5, 0.6) is 11.6 Å². The maximum Gasteiger partial charge on any atom is 0.213 e. The zero-order valence-electron chi connectivity index (χ0n) is 7.94. The Bertz CT molecular complexity index is 286. The minimum absolute atomic E-state index is 0.469. The zero-order chi connectivity index (χ0) is 9.84. The first-order valence-electron chi connectivity index (χ1n) is 3.95. The summed E-state index contributed by atoms with van der Waals surface area (Å²) >= 11 is 0. The van der Waals surface area contributed by atoms with Crippen molar-refractivity contribution < 1.29 is 14.6 Å². The van der Waals surface area contributed by atoms with Gasteiger partial charge in [0, 0.05) is 11.6 Å². The molecular weight excluding hydrogens is 170 g/mol. The quantitative estimate of drug-likeness (QED) is 0.763. The van der Waals surface area contributed by atoms with Crippen LogP contribution in [0.25, 0.3) is 0 Å². The number of hydrogen-bond acceptors (Lipinski definition) is 4. The SMILES string of the molecule is COc1cc(C(C)O)c(OC)cn1. The van der Waals surface area contributed by atoms with Gasteiger partial charge in [0.05, 0.1) is 26.5 Å². The fourth-order valence-corrected chi connectivity index (χ4v) is 1.05. The third-order valence-corrected chi connectivity index (χ3v) is 1.75. The summed E-state index contributed by atoms with van der Waals surface area (Å²) in [6, 6.07) is 1.66. The van der Waals surface area contributed by atoms with Gasteiger partial charge in [-0.05, 0) is 6.92 Å². The highest BCUT2D eigenvalue weighted by molar-refractivity contribution is 5.36. The van der Waals surface area contributed by atoms with Crippen molar-refractivity contribution in [2.24, 2.45) is 0 Å². The van der Waals surface area contributed by atoms with Gasteiger partial charge < -0.3 is 14.6 Å². The number of ether oxygens (including phenoxy) is 2. The van der Waals surface area contributed by atoms with Crippen LogP contribution in [0.1, 0.15) is 18.6 Å². The molecule has 1 rings (SSSR count). The Balaban J connectivity index is 3.10. The number of hydrogen-bond donors (Lipinski definition) is 1. The van der Waals surface area contributed by atoms with Crippen LogP contribution in [0, 0.1) is 0 Å². The maximum atomic E-state index is 9.39. The molecule has 0 radical (unpaired) electrons. The van der Waals surface area contributed by atoms with Crippen LogP contribution in [0.4, 0.5) is 0 Å². The van der Waals surface area contributed by atoms with E-state index in [0.717, 1.165) is 0 Å². The van der Waals surface area contributed by atoms with Gasteiger partial charge in [0.1, 0.15) is 5.75 Å². The summed E-state index contributed by atoms with van der Waals surface area (Å²) in [5.41, 5.74) is 0.675. The summed E-state index contributed by atoms with van der Waals surface area (Å²) in [7, 11) is 3.07. The highest BCUT2D eigenvalue weighted by atomic mass is 16.5. The fourth-order valence-electron chi connectivity index (χ4n) is 1.05. The largest absolute Gasteiger partial charge is 0.495 e. The molecule has 72 valence electrons. The molecule has 0 aliphatic heterocycles. The molecule has 0 amide bonds. The minimum Gasteiger partial charge on any atom is -0.495 e. The van der Waals surface area contributed by atoms with Crippen molar-refractivity contribution in [2.75, 3.05) is 14.2 Å². The first-order valence-corrected chi connectivity index (χ1v) is 3.95. The summed E-state index contributed by atoms with van der Waals surface area (Å²) < 4.78 is 9.95. The topological polar surface area (TPSA) is 51.6 Å². The number of aromatic nitrogens is 1. The lowest BCUT2D eigenvalue weighted by Gasteiger charge is -2.11. The summed E-state index contributed by atoms with van der Waals surface area (Å²) in [4.78, 5) is 3.95. The molecule has 0 fully saturated rings. The molecule has 4 heteroatoms. The molecule has 0 aliphatic rings. The van der Waals surface area contributed by atoms with Gasteiger partial charge in [-0.25, -0.2) is 4.98 Å². The second kappa shape index (κ2) is 4.09. The van der Waals surface area contributed by atoms with Gasteiger partial charge >= 0.3 is 0 Å². The molecule has 0 saturated carbocycles. The van der Waals surface area contributed by atoms with Crippen molar-refractivity contribution in [3.05, 3.63) is 17.8 Å². The first-order chi connectivity index (χ1) is 6.19. The zero-order valence-corrected chi connectivity index (χ0v) is 7.94. The van der Waals surface area contributed by atoms with Crippen LogP contribution in [0.3, 0.4) is 0 Å². The van der Waals surface area contributed by atoms with E-state index in [1.54, 1.807) is 13.0 Å². The van der Waals surface area contributed by atoms with Crippen molar-refractivity contribution in [2.45, 2.75) is 13.0 Å². The van der Waals surface area contributed by atoms with Gasteiger partial charge in [0.2, 0.25) is 5.88 Å². The van der Waals surface area contributed by atoms with Crippen molar-refractivity contribution in [1.29, 1.82) is 0 Å². The van der Waals surface area contributed by atoms with E-state index >= 15 is 0 Å². The number of nitrogens with zero attached hydrogens (tertiary/aromatic N) is 1. The average molecular weight is 183 g/mol. The molecule has 4 nitrogen and oxygen atoms in total. The Hall–Kier alpha value is -1.29. The lowest BCUT2D eigenvalue weighted by Crippen LogP contribution is -1.99. The van der Waals surface area contributed by atoms with Crippen molar-refractivity contribution in [1.82, 2.24) is 4.98 Å². The molecule has 0 spiro atoms. The molecule has 0 bridgehead atoms. The van der Waals surface area contributed by atoms with Gasteiger partial charge in [0.25, 0.3) is 0 Å². The van der Waals surface area contributed by atoms with E-state index in [4.69, 9.17) is 9.47 Å². The summed E-state index contributed by atoms with van der Waals surface area (Å²) in [6.45, 7) is 1.66. The van der Waals surface area contributed by atoms with Crippen molar-refractivity contribution in [3.8, 4) is 11.6 Å². The third-order valence-electron chi connectivity index (χ3n) is 1.75. The highest BCUT2D eigenvalue weighted by Crippen LogP contribution is 2.26. The molecule has 0 saturated heterocycles. The molecule has 1 unspecified atom stereocenters. The van der Waals surface area contributed by atoms with Crippen LogP contribution in [0.15, 0.2) is 12.3 Å². The molecule has 0 aliphatic carbocycles. The Labute approximate surface area is 77.1 Å². The van der Waals surface area contributed by atoms with Crippen LogP contribution in [-0.2, 0) is 0 Å². The number of pyridine rings is 1. The molecule has 1 atom stereocenters. The van der Waals surface area contributed by atoms with Crippen LogP contribution in [-0.4, -0.2) is 24.3 Å². The lowest BCUT2D eigenvalue weighted by molar-refractivity contribution is 0.193. The molecule has 1 aromatic rings. The fraction of sp³-hybridized carbons (Fsp3) is 0.444. The molecule has 0 aromatic carbocycles. The van der Waals surface area contributed by atoms with Crippen molar-refractivity contribution in [3.63, 3.8) is 0 Å². The van der Waals surface area contributed by atoms with Gasteiger partial charge in [-0.2, -0.15) is 0 Å². The normalized spacial score (nSPS) is 12.3. The standard InChI is InChI=1S/C9H13NO3/c1-6(11)7-4-9(13-3)10-5-8(7)12-2/h4-6,11H,1-3H3. The van der Waals surface area contributed by atoms with Gasteiger partial charge in [-0.3, -0.25) is 0 Å². The van der Waals surface area contributed by atoms with Crippen molar-refractivity contribution >= 4 is 0 Å². The second-order valence-electron chi connectivity index (χ2n) is 2.64. The minimum atomic E-state index is -0.591. The maximum absolute atomic E-state index is 9.39. The van der Waals surface area contributed by atoms with Crippen LogP contribution < -0.4 is 9.47 Å². The van der Waals surface area contributed by atoms with Crippen LogP contribution >= 0.6 is 0 Å². The van der Waals surface area contributed by atoms with Gasteiger partial charge in [-0.1, -0.05) is 0 Å². The molecule has 1 aromatic heterocycles. The predicted molar refractivity (Wildman–Crippen MR) is 48.0 cm³/mol. The van der Waals surface area contributed by atoms with E-state index < -0.39 is 6.10 Å². The summed E-state index contributed by atoms with van der Waals surface area (Å²) in [6.07, 6.45) is 0.938. The molecule has 13 heavy (non-hydrogen) atoms.